The summed E-state index contributed by atoms with van der Waals surface area (Å²) in [5.41, 5.74) is 3.35. The van der Waals surface area contributed by atoms with Gasteiger partial charge in [-0.05, 0) is 60.2 Å². The van der Waals surface area contributed by atoms with Gasteiger partial charge in [0.15, 0.2) is 0 Å². The van der Waals surface area contributed by atoms with E-state index in [4.69, 9.17) is 5.11 Å². The Morgan fingerprint density at radius 3 is 2.52 bits per heavy atom. The topological polar surface area (TPSA) is 66.4 Å². The van der Waals surface area contributed by atoms with Crippen LogP contribution < -0.4 is 5.32 Å². The molecule has 0 atom stereocenters. The Bertz CT molecular complexity index is 716. The Kier molecular flexibility index (Phi) is 4.55. The molecule has 5 heteroatoms. The van der Waals surface area contributed by atoms with Gasteiger partial charge in [-0.15, -0.1) is 11.3 Å². The van der Waals surface area contributed by atoms with Gasteiger partial charge in [0, 0.05) is 11.8 Å². The quantitative estimate of drug-likeness (QED) is 0.846. The second-order valence-electron chi connectivity index (χ2n) is 4.63. The first-order valence-corrected chi connectivity index (χ1v) is 7.22. The van der Waals surface area contributed by atoms with Crippen LogP contribution in [-0.2, 0) is 4.79 Å². The molecule has 2 rings (SSSR count). The van der Waals surface area contributed by atoms with Crippen molar-refractivity contribution in [2.75, 3.05) is 5.32 Å². The molecular formula is C16H15NO3S. The Labute approximate surface area is 126 Å². The molecule has 1 heterocycles. The summed E-state index contributed by atoms with van der Waals surface area (Å²) < 4.78 is 0. The van der Waals surface area contributed by atoms with Gasteiger partial charge in [0.25, 0.3) is 5.91 Å². The van der Waals surface area contributed by atoms with Gasteiger partial charge in [-0.3, -0.25) is 4.79 Å². The summed E-state index contributed by atoms with van der Waals surface area (Å²) in [6.07, 6.45) is 2.63. The smallest absolute Gasteiger partial charge is 0.328 e. The molecule has 0 aliphatic heterocycles. The molecule has 21 heavy (non-hydrogen) atoms. The van der Waals surface area contributed by atoms with Crippen molar-refractivity contribution in [3.8, 4) is 0 Å². The summed E-state index contributed by atoms with van der Waals surface area (Å²) in [4.78, 5) is 23.3. The summed E-state index contributed by atoms with van der Waals surface area (Å²) in [7, 11) is 0. The van der Waals surface area contributed by atoms with Gasteiger partial charge >= 0.3 is 5.97 Å². The third-order valence-corrected chi connectivity index (χ3v) is 4.02. The van der Waals surface area contributed by atoms with Gasteiger partial charge < -0.3 is 10.4 Å². The van der Waals surface area contributed by atoms with E-state index in [1.54, 1.807) is 12.1 Å². The molecule has 0 saturated heterocycles. The highest BCUT2D eigenvalue weighted by atomic mass is 32.1. The highest BCUT2D eigenvalue weighted by Gasteiger charge is 2.10. The molecule has 1 aromatic heterocycles. The van der Waals surface area contributed by atoms with Crippen molar-refractivity contribution < 1.29 is 14.7 Å². The minimum atomic E-state index is -0.986. The fraction of sp³-hybridized carbons (Fsp3) is 0.125. The van der Waals surface area contributed by atoms with E-state index in [2.05, 4.69) is 5.32 Å². The van der Waals surface area contributed by atoms with Crippen LogP contribution in [-0.4, -0.2) is 17.0 Å². The number of hydrogen-bond donors (Lipinski definition) is 2. The molecule has 0 aliphatic rings. The fourth-order valence-electron chi connectivity index (χ4n) is 1.89. The normalized spacial score (nSPS) is 10.8. The number of aliphatic carboxylic acids is 1. The number of carbonyl (C=O) groups is 2. The third-order valence-electron chi connectivity index (χ3n) is 3.00. The van der Waals surface area contributed by atoms with Crippen molar-refractivity contribution >= 4 is 35.0 Å². The maximum absolute atomic E-state index is 12.1. The molecule has 1 aromatic carbocycles. The standard InChI is InChI=1S/C16H15NO3S/c1-10-7-8-21-15(10)16(20)17-13-5-3-12(11(2)9-13)4-6-14(18)19/h3-9H,1-2H3,(H,17,20)(H,18,19). The Morgan fingerprint density at radius 1 is 1.19 bits per heavy atom. The summed E-state index contributed by atoms with van der Waals surface area (Å²) in [5.74, 6) is -1.12. The van der Waals surface area contributed by atoms with Crippen molar-refractivity contribution in [2.45, 2.75) is 13.8 Å². The van der Waals surface area contributed by atoms with Crippen LogP contribution in [0.15, 0.2) is 35.7 Å². The zero-order chi connectivity index (χ0) is 15.4. The minimum Gasteiger partial charge on any atom is -0.478 e. The number of carboxylic acid groups (broad SMARTS) is 1. The zero-order valence-corrected chi connectivity index (χ0v) is 12.5. The Morgan fingerprint density at radius 2 is 1.95 bits per heavy atom. The number of hydrogen-bond acceptors (Lipinski definition) is 3. The van der Waals surface area contributed by atoms with Gasteiger partial charge in [-0.1, -0.05) is 6.07 Å². The largest absolute Gasteiger partial charge is 0.478 e. The molecule has 0 radical (unpaired) electrons. The summed E-state index contributed by atoms with van der Waals surface area (Å²) in [6, 6.07) is 7.27. The molecule has 108 valence electrons. The van der Waals surface area contributed by atoms with Crippen LogP contribution in [0.3, 0.4) is 0 Å². The summed E-state index contributed by atoms with van der Waals surface area (Å²) >= 11 is 1.41. The van der Waals surface area contributed by atoms with E-state index in [-0.39, 0.29) is 5.91 Å². The van der Waals surface area contributed by atoms with Gasteiger partial charge in [-0.2, -0.15) is 0 Å². The molecule has 0 aliphatic carbocycles. The molecule has 2 N–H and O–H groups in total. The van der Waals surface area contributed by atoms with Crippen LogP contribution >= 0.6 is 11.3 Å². The van der Waals surface area contributed by atoms with Crippen molar-refractivity contribution in [3.05, 3.63) is 57.3 Å². The molecule has 0 unspecified atom stereocenters. The van der Waals surface area contributed by atoms with Crippen molar-refractivity contribution in [3.63, 3.8) is 0 Å². The van der Waals surface area contributed by atoms with E-state index < -0.39 is 5.97 Å². The van der Waals surface area contributed by atoms with Crippen LogP contribution in [0, 0.1) is 13.8 Å². The Balaban J connectivity index is 2.15. The molecule has 0 bridgehead atoms. The second kappa shape index (κ2) is 6.37. The molecular weight excluding hydrogens is 286 g/mol. The van der Waals surface area contributed by atoms with E-state index in [0.717, 1.165) is 22.8 Å². The lowest BCUT2D eigenvalue weighted by Crippen LogP contribution is -2.11. The number of amides is 1. The lowest BCUT2D eigenvalue weighted by Gasteiger charge is -2.07. The summed E-state index contributed by atoms with van der Waals surface area (Å²) in [6.45, 7) is 3.77. The first kappa shape index (κ1) is 15.0. The first-order valence-electron chi connectivity index (χ1n) is 6.34. The molecule has 2 aromatic rings. The van der Waals surface area contributed by atoms with E-state index >= 15 is 0 Å². The monoisotopic (exact) mass is 301 g/mol. The van der Waals surface area contributed by atoms with Crippen LogP contribution in [0.1, 0.15) is 26.4 Å². The number of rotatable bonds is 4. The summed E-state index contributed by atoms with van der Waals surface area (Å²) in [5, 5.41) is 13.4. The van der Waals surface area contributed by atoms with Gasteiger partial charge in [0.1, 0.15) is 0 Å². The van der Waals surface area contributed by atoms with Crippen molar-refractivity contribution in [2.24, 2.45) is 0 Å². The van der Waals surface area contributed by atoms with Gasteiger partial charge in [-0.25, -0.2) is 4.79 Å². The second-order valence-corrected chi connectivity index (χ2v) is 5.55. The maximum atomic E-state index is 12.1. The average Bonchev–Trinajstić information content (AvgIpc) is 2.84. The predicted molar refractivity (Wildman–Crippen MR) is 84.9 cm³/mol. The van der Waals surface area contributed by atoms with E-state index in [9.17, 15) is 9.59 Å². The predicted octanol–water partition coefficient (Wildman–Crippen LogP) is 3.72. The molecule has 0 saturated carbocycles. The molecule has 0 spiro atoms. The third kappa shape index (κ3) is 3.79. The molecule has 1 amide bonds. The van der Waals surface area contributed by atoms with Crippen molar-refractivity contribution in [1.82, 2.24) is 0 Å². The number of benzene rings is 1. The van der Waals surface area contributed by atoms with E-state index in [1.165, 1.54) is 17.4 Å². The number of carboxylic acids is 1. The average molecular weight is 301 g/mol. The molecule has 0 fully saturated rings. The number of thiophene rings is 1. The SMILES string of the molecule is Cc1cc(NC(=O)c2sccc2C)ccc1C=CC(=O)O. The lowest BCUT2D eigenvalue weighted by molar-refractivity contribution is -0.131. The first-order chi connectivity index (χ1) is 9.97. The lowest BCUT2D eigenvalue weighted by atomic mass is 10.1. The minimum absolute atomic E-state index is 0.129. The van der Waals surface area contributed by atoms with E-state index in [0.29, 0.717) is 10.6 Å². The number of anilines is 1. The van der Waals surface area contributed by atoms with Crippen LogP contribution in [0.5, 0.6) is 0 Å². The van der Waals surface area contributed by atoms with Crippen molar-refractivity contribution in [1.29, 1.82) is 0 Å². The molecule has 4 nitrogen and oxygen atoms in total. The maximum Gasteiger partial charge on any atom is 0.328 e. The highest BCUT2D eigenvalue weighted by molar-refractivity contribution is 7.12. The zero-order valence-electron chi connectivity index (χ0n) is 11.7. The van der Waals surface area contributed by atoms with Crippen LogP contribution in [0.4, 0.5) is 5.69 Å². The fourth-order valence-corrected chi connectivity index (χ4v) is 2.71. The van der Waals surface area contributed by atoms with Crippen LogP contribution in [0.25, 0.3) is 6.08 Å². The number of aryl methyl sites for hydroxylation is 2. The van der Waals surface area contributed by atoms with E-state index in [1.807, 2.05) is 31.4 Å². The Hall–Kier alpha value is -2.40. The highest BCUT2D eigenvalue weighted by Crippen LogP contribution is 2.20. The van der Waals surface area contributed by atoms with Gasteiger partial charge in [0.2, 0.25) is 0 Å². The number of carbonyl (C=O) groups excluding carboxylic acids is 1. The number of nitrogens with one attached hydrogen (secondary N) is 1. The van der Waals surface area contributed by atoms with Crippen LogP contribution in [0.2, 0.25) is 0 Å². The van der Waals surface area contributed by atoms with Gasteiger partial charge in [0.05, 0.1) is 4.88 Å².